The Morgan fingerprint density at radius 1 is 1.12 bits per heavy atom. The summed E-state index contributed by atoms with van der Waals surface area (Å²) < 4.78 is 37.7. The van der Waals surface area contributed by atoms with Crippen molar-refractivity contribution in [1.29, 1.82) is 0 Å². The fourth-order valence-electron chi connectivity index (χ4n) is 4.45. The van der Waals surface area contributed by atoms with Crippen LogP contribution in [0.4, 0.5) is 14.5 Å². The highest BCUT2D eigenvalue weighted by molar-refractivity contribution is 5.92. The van der Waals surface area contributed by atoms with Gasteiger partial charge in [-0.25, -0.2) is 9.67 Å². The van der Waals surface area contributed by atoms with E-state index in [2.05, 4.69) is 25.3 Å². The first kappa shape index (κ1) is 22.5. The molecule has 1 aliphatic heterocycles. The molecule has 1 saturated heterocycles. The molecule has 3 heterocycles. The number of rotatable bonds is 6. The van der Waals surface area contributed by atoms with Gasteiger partial charge in [0.2, 0.25) is 0 Å². The van der Waals surface area contributed by atoms with Crippen molar-refractivity contribution >= 4 is 22.6 Å². The Bertz CT molecular complexity index is 1140. The molecule has 3 aromatic rings. The summed E-state index contributed by atoms with van der Waals surface area (Å²) in [5, 5.41) is 6.52. The quantitative estimate of drug-likeness (QED) is 0.589. The van der Waals surface area contributed by atoms with Crippen molar-refractivity contribution in [2.45, 2.75) is 44.4 Å². The number of carbonyl (C=O) groups excluding carboxylic acids is 1. The van der Waals surface area contributed by atoms with Crippen LogP contribution in [0.3, 0.4) is 0 Å². The average molecular weight is 472 g/mol. The second kappa shape index (κ2) is 9.88. The van der Waals surface area contributed by atoms with Gasteiger partial charge >= 0.3 is 6.55 Å². The minimum atomic E-state index is -2.77. The summed E-state index contributed by atoms with van der Waals surface area (Å²) in [4.78, 5) is 23.6. The zero-order valence-electron chi connectivity index (χ0n) is 18.6. The lowest BCUT2D eigenvalue weighted by molar-refractivity contribution is 0.0559. The van der Waals surface area contributed by atoms with E-state index in [1.807, 2.05) is 12.1 Å². The highest BCUT2D eigenvalue weighted by Gasteiger charge is 2.26. The highest BCUT2D eigenvalue weighted by atomic mass is 19.3. The third kappa shape index (κ3) is 4.93. The number of hydrogen-bond acceptors (Lipinski definition) is 7. The van der Waals surface area contributed by atoms with E-state index < -0.39 is 12.5 Å². The highest BCUT2D eigenvalue weighted by Crippen LogP contribution is 2.33. The molecule has 11 heteroatoms. The molecule has 1 saturated carbocycles. The van der Waals surface area contributed by atoms with Crippen LogP contribution in [0.15, 0.2) is 36.8 Å². The molecule has 1 aliphatic carbocycles. The van der Waals surface area contributed by atoms with Crippen LogP contribution < -0.4 is 15.0 Å². The van der Waals surface area contributed by atoms with Gasteiger partial charge < -0.3 is 19.7 Å². The van der Waals surface area contributed by atoms with E-state index in [0.717, 1.165) is 61.7 Å². The van der Waals surface area contributed by atoms with E-state index in [4.69, 9.17) is 9.47 Å². The van der Waals surface area contributed by atoms with Crippen molar-refractivity contribution in [3.63, 3.8) is 0 Å². The van der Waals surface area contributed by atoms with Gasteiger partial charge in [-0.2, -0.15) is 13.9 Å². The van der Waals surface area contributed by atoms with Crippen molar-refractivity contribution in [1.82, 2.24) is 25.1 Å². The molecule has 1 aromatic carbocycles. The first-order chi connectivity index (χ1) is 16.6. The zero-order valence-corrected chi connectivity index (χ0v) is 18.6. The van der Waals surface area contributed by atoms with Crippen LogP contribution in [0.1, 0.15) is 42.7 Å². The van der Waals surface area contributed by atoms with Crippen LogP contribution >= 0.6 is 0 Å². The number of halogens is 2. The number of hydrogen-bond donors (Lipinski definition) is 1. The molecule has 5 rings (SSSR count). The Morgan fingerprint density at radius 3 is 2.62 bits per heavy atom. The smallest absolute Gasteiger partial charge is 0.333 e. The lowest BCUT2D eigenvalue weighted by Crippen LogP contribution is -2.40. The second-order valence-corrected chi connectivity index (χ2v) is 8.49. The second-order valence-electron chi connectivity index (χ2n) is 8.49. The Morgan fingerprint density at radius 2 is 1.88 bits per heavy atom. The summed E-state index contributed by atoms with van der Waals surface area (Å²) in [6.07, 6.45) is 7.36. The van der Waals surface area contributed by atoms with Crippen LogP contribution in [-0.2, 0) is 4.74 Å². The number of amides is 1. The third-order valence-corrected chi connectivity index (χ3v) is 6.24. The van der Waals surface area contributed by atoms with Crippen LogP contribution in [0.5, 0.6) is 5.75 Å². The number of nitrogens with one attached hydrogen (secondary N) is 1. The van der Waals surface area contributed by atoms with E-state index in [0.29, 0.717) is 23.6 Å². The lowest BCUT2D eigenvalue weighted by Gasteiger charge is -2.31. The van der Waals surface area contributed by atoms with Crippen molar-refractivity contribution in [2.24, 2.45) is 0 Å². The Balaban J connectivity index is 1.22. The summed E-state index contributed by atoms with van der Waals surface area (Å²) in [6.45, 7) is 0.230. The van der Waals surface area contributed by atoms with Crippen molar-refractivity contribution < 1.29 is 23.0 Å². The third-order valence-electron chi connectivity index (χ3n) is 6.24. The van der Waals surface area contributed by atoms with E-state index in [-0.39, 0.29) is 17.8 Å². The van der Waals surface area contributed by atoms with Gasteiger partial charge in [-0.15, -0.1) is 0 Å². The number of ether oxygens (including phenoxy) is 2. The predicted molar refractivity (Wildman–Crippen MR) is 120 cm³/mol. The molecule has 9 nitrogen and oxygen atoms in total. The normalized spacial score (nSPS) is 21.1. The lowest BCUT2D eigenvalue weighted by atomic mass is 9.92. The number of aromatic nitrogens is 4. The van der Waals surface area contributed by atoms with E-state index in [9.17, 15) is 13.6 Å². The van der Waals surface area contributed by atoms with Crippen LogP contribution in [0.2, 0.25) is 0 Å². The molecule has 1 amide bonds. The molecule has 2 aliphatic rings. The standard InChI is InChI=1S/C23H26F2N6O3/c24-23(25)31-8-5-18(29-31)22(32)28-15-1-3-17(4-2-15)34-20-14-16(30-9-11-33-12-10-30)13-19-21(20)27-7-6-26-19/h5-8,13-15,17,23H,1-4,9-12H2,(H,28,32). The Labute approximate surface area is 195 Å². The fraction of sp³-hybridized carbons (Fsp3) is 0.478. The van der Waals surface area contributed by atoms with Gasteiger partial charge in [-0.3, -0.25) is 9.78 Å². The Kier molecular flexibility index (Phi) is 6.52. The fourth-order valence-corrected chi connectivity index (χ4v) is 4.45. The number of nitrogens with zero attached hydrogens (tertiary/aromatic N) is 5. The molecule has 2 fully saturated rings. The van der Waals surface area contributed by atoms with E-state index in [1.54, 1.807) is 12.4 Å². The number of fused-ring (bicyclic) bond motifs is 1. The molecule has 1 N–H and O–H groups in total. The maximum Gasteiger partial charge on any atom is 0.333 e. The van der Waals surface area contributed by atoms with E-state index >= 15 is 0 Å². The largest absolute Gasteiger partial charge is 0.488 e. The minimum absolute atomic E-state index is 0.0105. The maximum atomic E-state index is 12.7. The molecule has 0 bridgehead atoms. The van der Waals surface area contributed by atoms with E-state index in [1.165, 1.54) is 6.07 Å². The zero-order chi connectivity index (χ0) is 23.5. The van der Waals surface area contributed by atoms with Gasteiger partial charge in [0, 0.05) is 49.5 Å². The summed E-state index contributed by atoms with van der Waals surface area (Å²) in [6, 6.07) is 5.29. The van der Waals surface area contributed by atoms with Crippen LogP contribution in [0, 0.1) is 0 Å². The molecule has 0 radical (unpaired) electrons. The topological polar surface area (TPSA) is 94.4 Å². The van der Waals surface area contributed by atoms with Crippen LogP contribution in [-0.4, -0.2) is 64.1 Å². The van der Waals surface area contributed by atoms with Crippen molar-refractivity contribution in [2.75, 3.05) is 31.2 Å². The number of alkyl halides is 2. The number of morpholine rings is 1. The molecule has 0 spiro atoms. The first-order valence-corrected chi connectivity index (χ1v) is 11.4. The molecular formula is C23H26F2N6O3. The predicted octanol–water partition coefficient (Wildman–Crippen LogP) is 3.18. The SMILES string of the molecule is O=C(NC1CCC(Oc2cc(N3CCOCC3)cc3nccnc23)CC1)c1ccn(C(F)F)n1. The number of benzene rings is 1. The Hall–Kier alpha value is -3.34. The minimum Gasteiger partial charge on any atom is -0.488 e. The van der Waals surface area contributed by atoms with Crippen LogP contribution in [0.25, 0.3) is 11.0 Å². The molecule has 180 valence electrons. The average Bonchev–Trinajstić information content (AvgIpc) is 3.37. The van der Waals surface area contributed by atoms with Gasteiger partial charge in [-0.1, -0.05) is 0 Å². The number of carbonyl (C=O) groups is 1. The molecule has 2 aromatic heterocycles. The van der Waals surface area contributed by atoms with Gasteiger partial charge in [-0.05, 0) is 37.8 Å². The number of anilines is 1. The van der Waals surface area contributed by atoms with Crippen molar-refractivity contribution in [3.05, 3.63) is 42.5 Å². The van der Waals surface area contributed by atoms with Gasteiger partial charge in [0.15, 0.2) is 0 Å². The first-order valence-electron chi connectivity index (χ1n) is 11.4. The summed E-state index contributed by atoms with van der Waals surface area (Å²) in [5.41, 5.74) is 2.54. The summed E-state index contributed by atoms with van der Waals surface area (Å²) >= 11 is 0. The van der Waals surface area contributed by atoms with Crippen molar-refractivity contribution in [3.8, 4) is 5.75 Å². The van der Waals surface area contributed by atoms with Gasteiger partial charge in [0.25, 0.3) is 5.91 Å². The molecular weight excluding hydrogens is 446 g/mol. The summed E-state index contributed by atoms with van der Waals surface area (Å²) in [5.74, 6) is 0.264. The van der Waals surface area contributed by atoms with Gasteiger partial charge in [0.1, 0.15) is 17.0 Å². The maximum absolute atomic E-state index is 12.7. The monoisotopic (exact) mass is 472 g/mol. The molecule has 0 unspecified atom stereocenters. The molecule has 0 atom stereocenters. The van der Waals surface area contributed by atoms with Gasteiger partial charge in [0.05, 0.1) is 24.8 Å². The molecule has 34 heavy (non-hydrogen) atoms. The summed E-state index contributed by atoms with van der Waals surface area (Å²) in [7, 11) is 0.